The molecule has 0 aliphatic heterocycles. The van der Waals surface area contributed by atoms with Gasteiger partial charge in [-0.05, 0) is 81.3 Å². The first kappa shape index (κ1) is 34.4. The molecule has 1 aliphatic rings. The van der Waals surface area contributed by atoms with Crippen LogP contribution in [0.5, 0.6) is 0 Å². The molecule has 0 unspecified atom stereocenters. The number of nitrogen functional groups attached to an aromatic ring is 1. The molecule has 0 bridgehead atoms. The van der Waals surface area contributed by atoms with E-state index in [1.165, 1.54) is 19.3 Å². The molecule has 1 saturated carbocycles. The minimum absolute atomic E-state index is 0.0138. The summed E-state index contributed by atoms with van der Waals surface area (Å²) in [6.45, 7) is 9.04. The summed E-state index contributed by atoms with van der Waals surface area (Å²) >= 11 is 0. The quantitative estimate of drug-likeness (QED) is 0.138. The molecule has 1 aliphatic carbocycles. The van der Waals surface area contributed by atoms with Gasteiger partial charge in [-0.15, -0.1) is 5.10 Å². The lowest BCUT2D eigenvalue weighted by Gasteiger charge is -2.37. The lowest BCUT2D eigenvalue weighted by atomic mass is 9.75. The average molecular weight is 621 g/mol. The molecule has 248 valence electrons. The van der Waals surface area contributed by atoms with Crippen LogP contribution in [0.15, 0.2) is 36.8 Å². The number of hydrogen-bond donors (Lipinski definition) is 2. The second-order valence-corrected chi connectivity index (χ2v) is 13.4. The summed E-state index contributed by atoms with van der Waals surface area (Å²) in [5.41, 5.74) is 8.81. The fraction of sp³-hybridized carbons (Fsp3) is 0.686. The summed E-state index contributed by atoms with van der Waals surface area (Å²) in [6.07, 6.45) is 20.4. The number of imidazole rings is 1. The predicted molar refractivity (Wildman–Crippen MR) is 178 cm³/mol. The highest BCUT2D eigenvalue weighted by Crippen LogP contribution is 2.35. The Morgan fingerprint density at radius 3 is 2.56 bits per heavy atom. The van der Waals surface area contributed by atoms with Gasteiger partial charge in [0.15, 0.2) is 5.95 Å². The van der Waals surface area contributed by atoms with E-state index in [0.717, 1.165) is 94.3 Å². The lowest BCUT2D eigenvalue weighted by Crippen LogP contribution is -2.41. The summed E-state index contributed by atoms with van der Waals surface area (Å²) in [6, 6.07) is 5.96. The molecule has 3 aromatic heterocycles. The van der Waals surface area contributed by atoms with Gasteiger partial charge in [0.2, 0.25) is 0 Å². The topological polar surface area (TPSA) is 128 Å². The van der Waals surface area contributed by atoms with Crippen molar-refractivity contribution < 1.29 is 9.53 Å². The number of aromatic amines is 1. The Morgan fingerprint density at radius 2 is 1.80 bits per heavy atom. The SMILES string of the molecule is CC(C)[C@@H]1CC[C@@H](C)C[C@H]1OC(=O)N(CCCCCCc1cn(CCCCCCc2cnc(N)[nH]2)nn1)CCc1ccccn1. The minimum Gasteiger partial charge on any atom is -0.446 e. The number of unbranched alkanes of at least 4 members (excludes halogenated alkanes) is 6. The second-order valence-electron chi connectivity index (χ2n) is 13.4. The number of nitrogens with two attached hydrogens (primary N) is 1. The zero-order valence-electron chi connectivity index (χ0n) is 27.9. The number of pyridine rings is 1. The van der Waals surface area contributed by atoms with Gasteiger partial charge in [-0.1, -0.05) is 64.2 Å². The Balaban J connectivity index is 1.13. The number of carbonyl (C=O) groups excluding carboxylic acids is 1. The van der Waals surface area contributed by atoms with Gasteiger partial charge >= 0.3 is 6.09 Å². The third kappa shape index (κ3) is 12.1. The fourth-order valence-electron chi connectivity index (χ4n) is 6.52. The molecule has 3 heterocycles. The molecule has 10 heteroatoms. The van der Waals surface area contributed by atoms with Gasteiger partial charge in [0.25, 0.3) is 0 Å². The molecule has 0 radical (unpaired) electrons. The Hall–Kier alpha value is -3.43. The van der Waals surface area contributed by atoms with Crippen LogP contribution in [0.2, 0.25) is 0 Å². The molecule has 0 spiro atoms. The van der Waals surface area contributed by atoms with E-state index >= 15 is 0 Å². The number of anilines is 1. The molecule has 45 heavy (non-hydrogen) atoms. The maximum atomic E-state index is 13.5. The summed E-state index contributed by atoms with van der Waals surface area (Å²) in [5, 5.41) is 8.72. The minimum atomic E-state index is -0.157. The Kier molecular flexibility index (Phi) is 14.2. The van der Waals surface area contributed by atoms with Gasteiger partial charge in [0, 0.05) is 49.8 Å². The van der Waals surface area contributed by atoms with Crippen LogP contribution in [0.4, 0.5) is 10.7 Å². The first-order chi connectivity index (χ1) is 21.9. The van der Waals surface area contributed by atoms with Crippen LogP contribution < -0.4 is 5.73 Å². The summed E-state index contributed by atoms with van der Waals surface area (Å²) in [7, 11) is 0. The average Bonchev–Trinajstić information content (AvgIpc) is 3.66. The van der Waals surface area contributed by atoms with Crippen molar-refractivity contribution in [3.8, 4) is 0 Å². The highest BCUT2D eigenvalue weighted by atomic mass is 16.6. The first-order valence-corrected chi connectivity index (χ1v) is 17.4. The van der Waals surface area contributed by atoms with E-state index in [2.05, 4.69) is 52.2 Å². The van der Waals surface area contributed by atoms with Crippen LogP contribution in [0, 0.1) is 17.8 Å². The number of aromatic nitrogens is 6. The molecular formula is C35H56N8O2. The van der Waals surface area contributed by atoms with Gasteiger partial charge in [0.05, 0.1) is 11.9 Å². The second kappa shape index (κ2) is 18.5. The fourth-order valence-corrected chi connectivity index (χ4v) is 6.52. The van der Waals surface area contributed by atoms with Gasteiger partial charge in [0.1, 0.15) is 6.10 Å². The molecule has 0 aromatic carbocycles. The van der Waals surface area contributed by atoms with E-state index in [0.29, 0.717) is 36.8 Å². The molecular weight excluding hydrogens is 564 g/mol. The van der Waals surface area contributed by atoms with E-state index in [9.17, 15) is 4.79 Å². The van der Waals surface area contributed by atoms with E-state index in [1.54, 1.807) is 0 Å². The zero-order chi connectivity index (χ0) is 31.9. The van der Waals surface area contributed by atoms with Crippen molar-refractivity contribution in [2.24, 2.45) is 17.8 Å². The third-order valence-corrected chi connectivity index (χ3v) is 9.26. The predicted octanol–water partition coefficient (Wildman–Crippen LogP) is 7.03. The number of nitrogens with zero attached hydrogens (tertiary/aromatic N) is 6. The summed E-state index contributed by atoms with van der Waals surface area (Å²) in [4.78, 5) is 27.0. The van der Waals surface area contributed by atoms with Crippen molar-refractivity contribution in [2.45, 2.75) is 123 Å². The van der Waals surface area contributed by atoms with Crippen molar-refractivity contribution in [3.63, 3.8) is 0 Å². The van der Waals surface area contributed by atoms with Gasteiger partial charge in [-0.25, -0.2) is 9.78 Å². The smallest absolute Gasteiger partial charge is 0.410 e. The number of hydrogen-bond acceptors (Lipinski definition) is 7. The van der Waals surface area contributed by atoms with Crippen LogP contribution in [0.1, 0.15) is 108 Å². The van der Waals surface area contributed by atoms with Crippen LogP contribution in [0.25, 0.3) is 0 Å². The number of rotatable bonds is 19. The lowest BCUT2D eigenvalue weighted by molar-refractivity contribution is -0.0103. The Bertz CT molecular complexity index is 1240. The molecule has 3 atom stereocenters. The highest BCUT2D eigenvalue weighted by molar-refractivity contribution is 5.67. The van der Waals surface area contributed by atoms with Crippen LogP contribution in [-0.2, 0) is 30.5 Å². The molecule has 4 rings (SSSR count). The van der Waals surface area contributed by atoms with Crippen LogP contribution in [-0.4, -0.2) is 60.1 Å². The molecule has 10 nitrogen and oxygen atoms in total. The number of ether oxygens (including phenoxy) is 1. The largest absolute Gasteiger partial charge is 0.446 e. The van der Waals surface area contributed by atoms with E-state index in [4.69, 9.17) is 10.5 Å². The molecule has 1 amide bonds. The van der Waals surface area contributed by atoms with E-state index in [-0.39, 0.29) is 12.2 Å². The van der Waals surface area contributed by atoms with E-state index in [1.807, 2.05) is 40.2 Å². The normalized spacial score (nSPS) is 18.4. The van der Waals surface area contributed by atoms with Crippen molar-refractivity contribution in [1.82, 2.24) is 34.8 Å². The summed E-state index contributed by atoms with van der Waals surface area (Å²) < 4.78 is 8.21. The van der Waals surface area contributed by atoms with Crippen molar-refractivity contribution in [1.29, 1.82) is 0 Å². The van der Waals surface area contributed by atoms with Crippen molar-refractivity contribution in [3.05, 3.63) is 53.9 Å². The highest BCUT2D eigenvalue weighted by Gasteiger charge is 2.34. The molecule has 3 N–H and O–H groups in total. The van der Waals surface area contributed by atoms with Gasteiger partial charge in [-0.3, -0.25) is 9.67 Å². The first-order valence-electron chi connectivity index (χ1n) is 17.4. The van der Waals surface area contributed by atoms with Crippen molar-refractivity contribution >= 4 is 12.0 Å². The Morgan fingerprint density at radius 1 is 1.00 bits per heavy atom. The van der Waals surface area contributed by atoms with Crippen LogP contribution >= 0.6 is 0 Å². The summed E-state index contributed by atoms with van der Waals surface area (Å²) in [5.74, 6) is 2.06. The van der Waals surface area contributed by atoms with Gasteiger partial charge < -0.3 is 20.4 Å². The van der Waals surface area contributed by atoms with Crippen molar-refractivity contribution in [2.75, 3.05) is 18.8 Å². The van der Waals surface area contributed by atoms with Gasteiger partial charge in [-0.2, -0.15) is 0 Å². The molecule has 1 fully saturated rings. The number of amides is 1. The number of aryl methyl sites for hydroxylation is 3. The van der Waals surface area contributed by atoms with E-state index < -0.39 is 0 Å². The monoisotopic (exact) mass is 620 g/mol. The maximum Gasteiger partial charge on any atom is 0.410 e. The zero-order valence-corrected chi connectivity index (χ0v) is 27.9. The number of nitrogens with one attached hydrogen (secondary N) is 1. The third-order valence-electron chi connectivity index (χ3n) is 9.26. The van der Waals surface area contributed by atoms with Crippen LogP contribution in [0.3, 0.4) is 0 Å². The Labute approximate surface area is 269 Å². The molecule has 0 saturated heterocycles. The number of H-pyrrole nitrogens is 1. The standard InChI is InChI=1S/C35H56N8O2/c1-27(2)32-18-17-28(3)24-33(32)45-35(44)42(23-19-29-14-10-11-20-37-29)21-12-6-4-9-16-31-26-43(41-40-31)22-13-7-5-8-15-30-25-38-34(36)39-30/h10-11,14,20,25-28,32-33H,4-9,12-13,15-19,21-24H2,1-3H3,(H3,36,38,39)/t28-,32+,33-/m1/s1. The maximum absolute atomic E-state index is 13.5. The molecule has 3 aromatic rings. The number of carbonyl (C=O) groups is 1.